The van der Waals surface area contributed by atoms with Crippen LogP contribution in [0.1, 0.15) is 11.3 Å². The number of nitrogens with zero attached hydrogens (tertiary/aromatic N) is 1. The molecule has 3 heteroatoms. The van der Waals surface area contributed by atoms with Crippen molar-refractivity contribution in [3.8, 4) is 5.75 Å². The van der Waals surface area contributed by atoms with Gasteiger partial charge in [0.15, 0.2) is 0 Å². The highest BCUT2D eigenvalue weighted by atomic mass is 16.5. The SMILES string of the molecule is COc1cc2c(CCN)nccc2cc1C. The first-order valence-corrected chi connectivity index (χ1v) is 5.38. The minimum Gasteiger partial charge on any atom is -0.496 e. The standard InChI is InChI=1S/C13H16N2O/c1-9-7-10-4-6-15-12(3-5-14)11(10)8-13(9)16-2/h4,6-8H,3,5,14H2,1-2H3. The van der Waals surface area contributed by atoms with Crippen molar-refractivity contribution in [3.05, 3.63) is 35.7 Å². The molecule has 1 aromatic carbocycles. The number of hydrogen-bond donors (Lipinski definition) is 1. The summed E-state index contributed by atoms with van der Waals surface area (Å²) in [7, 11) is 1.69. The normalized spacial score (nSPS) is 10.7. The van der Waals surface area contributed by atoms with Crippen LogP contribution in [-0.4, -0.2) is 18.6 Å². The summed E-state index contributed by atoms with van der Waals surface area (Å²) in [6.07, 6.45) is 2.63. The highest BCUT2D eigenvalue weighted by molar-refractivity contribution is 5.86. The van der Waals surface area contributed by atoms with E-state index in [2.05, 4.69) is 11.1 Å². The summed E-state index contributed by atoms with van der Waals surface area (Å²) in [6.45, 7) is 2.66. The highest BCUT2D eigenvalue weighted by Gasteiger charge is 2.06. The number of aryl methyl sites for hydroxylation is 1. The zero-order valence-corrected chi connectivity index (χ0v) is 9.66. The third-order valence-corrected chi connectivity index (χ3v) is 2.74. The van der Waals surface area contributed by atoms with Gasteiger partial charge in [0.1, 0.15) is 5.75 Å². The molecule has 0 radical (unpaired) electrons. The average Bonchev–Trinajstić information content (AvgIpc) is 2.29. The van der Waals surface area contributed by atoms with Crippen molar-refractivity contribution in [2.45, 2.75) is 13.3 Å². The summed E-state index contributed by atoms with van der Waals surface area (Å²) in [5.74, 6) is 0.902. The maximum atomic E-state index is 5.58. The Kier molecular flexibility index (Phi) is 3.06. The Bertz CT molecular complexity index is 509. The van der Waals surface area contributed by atoms with Crippen LogP contribution in [0.15, 0.2) is 24.4 Å². The van der Waals surface area contributed by atoms with Crippen molar-refractivity contribution in [2.75, 3.05) is 13.7 Å². The van der Waals surface area contributed by atoms with Gasteiger partial charge in [-0.15, -0.1) is 0 Å². The number of fused-ring (bicyclic) bond motifs is 1. The first-order valence-electron chi connectivity index (χ1n) is 5.38. The van der Waals surface area contributed by atoms with Gasteiger partial charge in [0.05, 0.1) is 7.11 Å². The predicted molar refractivity (Wildman–Crippen MR) is 65.8 cm³/mol. The fourth-order valence-electron chi connectivity index (χ4n) is 1.93. The van der Waals surface area contributed by atoms with E-state index >= 15 is 0 Å². The van der Waals surface area contributed by atoms with E-state index in [1.807, 2.05) is 25.3 Å². The molecule has 0 aliphatic rings. The van der Waals surface area contributed by atoms with Crippen LogP contribution in [0.2, 0.25) is 0 Å². The lowest BCUT2D eigenvalue weighted by Crippen LogP contribution is -2.05. The second-order valence-corrected chi connectivity index (χ2v) is 3.84. The summed E-state index contributed by atoms with van der Waals surface area (Å²) in [6, 6.07) is 6.18. The van der Waals surface area contributed by atoms with E-state index in [9.17, 15) is 0 Å². The number of pyridine rings is 1. The van der Waals surface area contributed by atoms with Gasteiger partial charge < -0.3 is 10.5 Å². The molecule has 16 heavy (non-hydrogen) atoms. The topological polar surface area (TPSA) is 48.1 Å². The molecular weight excluding hydrogens is 200 g/mol. The van der Waals surface area contributed by atoms with E-state index in [1.54, 1.807) is 7.11 Å². The van der Waals surface area contributed by atoms with Crippen molar-refractivity contribution < 1.29 is 4.74 Å². The van der Waals surface area contributed by atoms with Crippen LogP contribution in [0.4, 0.5) is 0 Å². The maximum Gasteiger partial charge on any atom is 0.122 e. The van der Waals surface area contributed by atoms with Crippen LogP contribution in [-0.2, 0) is 6.42 Å². The number of rotatable bonds is 3. The molecule has 2 N–H and O–H groups in total. The Morgan fingerprint density at radius 2 is 2.19 bits per heavy atom. The number of ether oxygens (including phenoxy) is 1. The van der Waals surface area contributed by atoms with Gasteiger partial charge in [-0.1, -0.05) is 0 Å². The minimum absolute atomic E-state index is 0.613. The van der Waals surface area contributed by atoms with E-state index in [0.717, 1.165) is 28.8 Å². The lowest BCUT2D eigenvalue weighted by atomic mass is 10.0. The van der Waals surface area contributed by atoms with Gasteiger partial charge in [0.25, 0.3) is 0 Å². The zero-order chi connectivity index (χ0) is 11.5. The van der Waals surface area contributed by atoms with Gasteiger partial charge in [-0.2, -0.15) is 0 Å². The molecule has 84 valence electrons. The summed E-state index contributed by atoms with van der Waals surface area (Å²) in [5.41, 5.74) is 7.76. The third-order valence-electron chi connectivity index (χ3n) is 2.74. The quantitative estimate of drug-likeness (QED) is 0.854. The molecule has 2 aromatic rings. The smallest absolute Gasteiger partial charge is 0.122 e. The minimum atomic E-state index is 0.613. The predicted octanol–water partition coefficient (Wildman–Crippen LogP) is 2.05. The Balaban J connectivity index is 2.66. The van der Waals surface area contributed by atoms with Gasteiger partial charge in [-0.3, -0.25) is 4.98 Å². The van der Waals surface area contributed by atoms with Gasteiger partial charge >= 0.3 is 0 Å². The Hall–Kier alpha value is -1.61. The lowest BCUT2D eigenvalue weighted by Gasteiger charge is -2.09. The average molecular weight is 216 g/mol. The van der Waals surface area contributed by atoms with Crippen LogP contribution < -0.4 is 10.5 Å². The molecule has 0 amide bonds. The lowest BCUT2D eigenvalue weighted by molar-refractivity contribution is 0.412. The summed E-state index contributed by atoms with van der Waals surface area (Å²) in [5, 5.41) is 2.33. The zero-order valence-electron chi connectivity index (χ0n) is 9.66. The molecule has 1 aromatic heterocycles. The first-order chi connectivity index (χ1) is 7.76. The second-order valence-electron chi connectivity index (χ2n) is 3.84. The largest absolute Gasteiger partial charge is 0.496 e. The summed E-state index contributed by atoms with van der Waals surface area (Å²) in [4.78, 5) is 4.37. The molecule has 0 saturated heterocycles. The molecule has 0 fully saturated rings. The monoisotopic (exact) mass is 216 g/mol. The van der Waals surface area contributed by atoms with E-state index in [-0.39, 0.29) is 0 Å². The Morgan fingerprint density at radius 1 is 1.38 bits per heavy atom. The van der Waals surface area contributed by atoms with Crippen molar-refractivity contribution in [2.24, 2.45) is 5.73 Å². The van der Waals surface area contributed by atoms with Crippen molar-refractivity contribution >= 4 is 10.8 Å². The molecule has 0 spiro atoms. The number of aromatic nitrogens is 1. The Labute approximate surface area is 95.2 Å². The molecule has 2 rings (SSSR count). The highest BCUT2D eigenvalue weighted by Crippen LogP contribution is 2.26. The molecule has 0 aliphatic carbocycles. The fourth-order valence-corrected chi connectivity index (χ4v) is 1.93. The first kappa shape index (κ1) is 10.9. The van der Waals surface area contributed by atoms with Crippen molar-refractivity contribution in [1.82, 2.24) is 4.98 Å². The fraction of sp³-hybridized carbons (Fsp3) is 0.308. The number of benzene rings is 1. The molecule has 0 unspecified atom stereocenters. The molecule has 0 aliphatic heterocycles. The van der Waals surface area contributed by atoms with E-state index < -0.39 is 0 Å². The van der Waals surface area contributed by atoms with Crippen LogP contribution >= 0.6 is 0 Å². The van der Waals surface area contributed by atoms with Crippen molar-refractivity contribution in [3.63, 3.8) is 0 Å². The number of nitrogens with two attached hydrogens (primary N) is 1. The van der Waals surface area contributed by atoms with E-state index in [0.29, 0.717) is 6.54 Å². The van der Waals surface area contributed by atoms with Crippen LogP contribution in [0.25, 0.3) is 10.8 Å². The number of hydrogen-bond acceptors (Lipinski definition) is 3. The van der Waals surface area contributed by atoms with Gasteiger partial charge in [0, 0.05) is 23.7 Å². The molecule has 0 saturated carbocycles. The van der Waals surface area contributed by atoms with Crippen LogP contribution in [0.3, 0.4) is 0 Å². The molecule has 3 nitrogen and oxygen atoms in total. The van der Waals surface area contributed by atoms with Crippen LogP contribution in [0.5, 0.6) is 5.75 Å². The molecule has 0 bridgehead atoms. The van der Waals surface area contributed by atoms with Gasteiger partial charge in [-0.25, -0.2) is 0 Å². The van der Waals surface area contributed by atoms with Crippen LogP contribution in [0, 0.1) is 6.92 Å². The molecule has 1 heterocycles. The van der Waals surface area contributed by atoms with E-state index in [4.69, 9.17) is 10.5 Å². The maximum absolute atomic E-state index is 5.58. The van der Waals surface area contributed by atoms with Crippen molar-refractivity contribution in [1.29, 1.82) is 0 Å². The summed E-state index contributed by atoms with van der Waals surface area (Å²) < 4.78 is 5.33. The van der Waals surface area contributed by atoms with Gasteiger partial charge in [0.2, 0.25) is 0 Å². The second kappa shape index (κ2) is 4.49. The third kappa shape index (κ3) is 1.86. The van der Waals surface area contributed by atoms with E-state index in [1.165, 1.54) is 5.39 Å². The summed E-state index contributed by atoms with van der Waals surface area (Å²) >= 11 is 0. The Morgan fingerprint density at radius 3 is 2.88 bits per heavy atom. The van der Waals surface area contributed by atoms with Gasteiger partial charge in [-0.05, 0) is 42.6 Å². The molecular formula is C13H16N2O. The molecule has 0 atom stereocenters. The number of methoxy groups -OCH3 is 1.